The van der Waals surface area contributed by atoms with Gasteiger partial charge in [-0.1, -0.05) is 17.7 Å². The highest BCUT2D eigenvalue weighted by atomic mass is 35.5. The van der Waals surface area contributed by atoms with Crippen LogP contribution >= 0.6 is 11.6 Å². The normalized spacial score (nSPS) is 18.5. The van der Waals surface area contributed by atoms with Gasteiger partial charge in [-0.05, 0) is 32.8 Å². The first-order valence-electron chi connectivity index (χ1n) is 11.3. The molecule has 3 aromatic rings. The minimum absolute atomic E-state index is 0.0383. The minimum Gasteiger partial charge on any atom is -0.481 e. The van der Waals surface area contributed by atoms with Crippen molar-refractivity contribution in [2.75, 3.05) is 25.5 Å². The third-order valence-corrected chi connectivity index (χ3v) is 7.95. The largest absolute Gasteiger partial charge is 0.481 e. The second-order valence-corrected chi connectivity index (χ2v) is 10.8. The number of nitrogens with zero attached hydrogens (tertiary/aromatic N) is 6. The van der Waals surface area contributed by atoms with E-state index in [0.29, 0.717) is 29.0 Å². The monoisotopic (exact) mass is 537 g/mol. The molecule has 0 amide bonds. The van der Waals surface area contributed by atoms with Gasteiger partial charge in [-0.2, -0.15) is 0 Å². The summed E-state index contributed by atoms with van der Waals surface area (Å²) in [5, 5.41) is 7.70. The summed E-state index contributed by atoms with van der Waals surface area (Å²) in [4.78, 5) is 12.7. The van der Waals surface area contributed by atoms with E-state index in [1.165, 1.54) is 33.5 Å². The first kappa shape index (κ1) is 26.2. The molecule has 12 nitrogen and oxygen atoms in total. The molecule has 4 atom stereocenters. The van der Waals surface area contributed by atoms with E-state index in [2.05, 4.69) is 29.9 Å². The van der Waals surface area contributed by atoms with Gasteiger partial charge < -0.3 is 14.2 Å². The zero-order chi connectivity index (χ0) is 25.9. The van der Waals surface area contributed by atoms with Crippen LogP contribution < -0.4 is 9.46 Å². The van der Waals surface area contributed by atoms with Gasteiger partial charge in [0.2, 0.25) is 21.9 Å². The van der Waals surface area contributed by atoms with Gasteiger partial charge in [0.25, 0.3) is 0 Å². The summed E-state index contributed by atoms with van der Waals surface area (Å²) in [7, 11) is -1.13. The standard InChI is InChI=1S/C22H28ClN7O5S/c1-13(17-8-6-10-35-17)30-21(16-7-5-9-18(26-16)33-3)27-28-22(30)29-36(31,32)14(2)19(34-4)20-24-11-15(23)12-25-20/h5,7,9,11-14,17,19H,6,8,10H2,1-4H3,(H,28,29)/t13-,14-,17?,19-/m0/s1. The molecule has 1 aliphatic rings. The highest BCUT2D eigenvalue weighted by molar-refractivity contribution is 7.93. The number of halogens is 1. The van der Waals surface area contributed by atoms with Crippen molar-refractivity contribution in [3.8, 4) is 17.4 Å². The molecule has 0 aliphatic carbocycles. The average molecular weight is 538 g/mol. The lowest BCUT2D eigenvalue weighted by atomic mass is 10.1. The molecule has 4 rings (SSSR count). The van der Waals surface area contributed by atoms with Crippen molar-refractivity contribution < 1.29 is 22.6 Å². The summed E-state index contributed by atoms with van der Waals surface area (Å²) in [6.07, 6.45) is 3.42. The van der Waals surface area contributed by atoms with Gasteiger partial charge in [-0.3, -0.25) is 9.29 Å². The van der Waals surface area contributed by atoms with Crippen LogP contribution in [0, 0.1) is 0 Å². The predicted octanol–water partition coefficient (Wildman–Crippen LogP) is 3.05. The molecule has 194 valence electrons. The molecule has 0 radical (unpaired) electrons. The Morgan fingerprint density at radius 3 is 2.58 bits per heavy atom. The van der Waals surface area contributed by atoms with Gasteiger partial charge in [0.05, 0.1) is 24.3 Å². The van der Waals surface area contributed by atoms with Gasteiger partial charge in [-0.15, -0.1) is 10.2 Å². The lowest BCUT2D eigenvalue weighted by molar-refractivity contribution is 0.0743. The molecule has 1 N–H and O–H groups in total. The molecule has 1 unspecified atom stereocenters. The van der Waals surface area contributed by atoms with E-state index in [1.807, 2.05) is 6.92 Å². The van der Waals surface area contributed by atoms with Crippen LogP contribution in [0.2, 0.25) is 5.02 Å². The molecule has 0 aromatic carbocycles. The van der Waals surface area contributed by atoms with Crippen LogP contribution in [0.5, 0.6) is 5.88 Å². The highest BCUT2D eigenvalue weighted by Crippen LogP contribution is 2.33. The second-order valence-electron chi connectivity index (χ2n) is 8.34. The number of hydrogen-bond donors (Lipinski definition) is 1. The Bertz CT molecular complexity index is 1280. The summed E-state index contributed by atoms with van der Waals surface area (Å²) in [5.41, 5.74) is 0.481. The lowest BCUT2D eigenvalue weighted by Crippen LogP contribution is -2.34. The number of sulfonamides is 1. The molecule has 36 heavy (non-hydrogen) atoms. The number of anilines is 1. The quantitative estimate of drug-likeness (QED) is 0.409. The molecule has 3 aromatic heterocycles. The number of ether oxygens (including phenoxy) is 3. The van der Waals surface area contributed by atoms with Gasteiger partial charge in [0.15, 0.2) is 11.6 Å². The third-order valence-electron chi connectivity index (χ3n) is 6.07. The van der Waals surface area contributed by atoms with E-state index in [9.17, 15) is 8.42 Å². The number of aromatic nitrogens is 6. The van der Waals surface area contributed by atoms with Crippen molar-refractivity contribution in [1.82, 2.24) is 29.7 Å². The number of methoxy groups -OCH3 is 2. The molecule has 14 heteroatoms. The number of nitrogens with one attached hydrogen (secondary N) is 1. The van der Waals surface area contributed by atoms with Crippen molar-refractivity contribution in [2.45, 2.75) is 50.2 Å². The highest BCUT2D eigenvalue weighted by Gasteiger charge is 2.36. The van der Waals surface area contributed by atoms with Crippen molar-refractivity contribution >= 4 is 27.6 Å². The first-order chi connectivity index (χ1) is 17.2. The van der Waals surface area contributed by atoms with E-state index in [4.69, 9.17) is 25.8 Å². The van der Waals surface area contributed by atoms with E-state index < -0.39 is 21.4 Å². The molecule has 1 saturated heterocycles. The van der Waals surface area contributed by atoms with Gasteiger partial charge >= 0.3 is 0 Å². The fourth-order valence-corrected chi connectivity index (χ4v) is 5.32. The zero-order valence-electron chi connectivity index (χ0n) is 20.3. The molecular formula is C22H28ClN7O5S. The fourth-order valence-electron chi connectivity index (χ4n) is 4.08. The molecular weight excluding hydrogens is 510 g/mol. The molecule has 1 fully saturated rings. The molecule has 0 spiro atoms. The zero-order valence-corrected chi connectivity index (χ0v) is 21.9. The summed E-state index contributed by atoms with van der Waals surface area (Å²) in [5.74, 6) is 1.01. The second kappa shape index (κ2) is 11.0. The van der Waals surface area contributed by atoms with Crippen molar-refractivity contribution in [3.05, 3.63) is 41.4 Å². The first-order valence-corrected chi connectivity index (χ1v) is 13.3. The maximum Gasteiger partial charge on any atom is 0.240 e. The molecule has 0 saturated carbocycles. The predicted molar refractivity (Wildman–Crippen MR) is 132 cm³/mol. The van der Waals surface area contributed by atoms with Gasteiger partial charge in [0, 0.05) is 32.2 Å². The van der Waals surface area contributed by atoms with Crippen molar-refractivity contribution in [1.29, 1.82) is 0 Å². The van der Waals surface area contributed by atoms with Gasteiger partial charge in [-0.25, -0.2) is 23.4 Å². The van der Waals surface area contributed by atoms with Crippen LogP contribution in [0.3, 0.4) is 0 Å². The van der Waals surface area contributed by atoms with E-state index in [0.717, 1.165) is 12.8 Å². The van der Waals surface area contributed by atoms with E-state index in [1.54, 1.807) is 22.8 Å². The van der Waals surface area contributed by atoms with E-state index >= 15 is 0 Å². The summed E-state index contributed by atoms with van der Waals surface area (Å²) >= 11 is 5.87. The maximum absolute atomic E-state index is 13.5. The average Bonchev–Trinajstić information content (AvgIpc) is 3.55. The Morgan fingerprint density at radius 2 is 1.94 bits per heavy atom. The summed E-state index contributed by atoms with van der Waals surface area (Å²) < 4.78 is 47.8. The van der Waals surface area contributed by atoms with Crippen LogP contribution in [0.15, 0.2) is 30.6 Å². The van der Waals surface area contributed by atoms with Crippen LogP contribution in [0.1, 0.15) is 44.7 Å². The Labute approximate surface area is 214 Å². The van der Waals surface area contributed by atoms with Gasteiger partial charge in [0.1, 0.15) is 17.0 Å². The minimum atomic E-state index is -4.04. The molecule has 1 aliphatic heterocycles. The molecule has 4 heterocycles. The third kappa shape index (κ3) is 5.43. The SMILES string of the molecule is COc1cccc(-c2nnc(NS(=O)(=O)[C@@H](C)[C@H](OC)c3ncc(Cl)cn3)n2[C@@H](C)C2CCCO2)n1. The van der Waals surface area contributed by atoms with Crippen molar-refractivity contribution in [3.63, 3.8) is 0 Å². The smallest absolute Gasteiger partial charge is 0.240 e. The number of hydrogen-bond acceptors (Lipinski definition) is 10. The number of pyridine rings is 1. The molecule has 0 bridgehead atoms. The Hall–Kier alpha value is -2.87. The lowest BCUT2D eigenvalue weighted by Gasteiger charge is -2.25. The van der Waals surface area contributed by atoms with Crippen LogP contribution in [-0.2, 0) is 19.5 Å². The maximum atomic E-state index is 13.5. The van der Waals surface area contributed by atoms with E-state index in [-0.39, 0.29) is 23.9 Å². The summed E-state index contributed by atoms with van der Waals surface area (Å²) in [6, 6.07) is 4.96. The topological polar surface area (TPSA) is 143 Å². The van der Waals surface area contributed by atoms with Crippen molar-refractivity contribution in [2.24, 2.45) is 0 Å². The Morgan fingerprint density at radius 1 is 1.19 bits per heavy atom. The Kier molecular flexibility index (Phi) is 8.03. The van der Waals surface area contributed by atoms with Crippen LogP contribution in [0.25, 0.3) is 11.5 Å². The summed E-state index contributed by atoms with van der Waals surface area (Å²) in [6.45, 7) is 4.07. The fraction of sp³-hybridized carbons (Fsp3) is 0.500. The Balaban J connectivity index is 1.70. The van der Waals surface area contributed by atoms with Crippen LogP contribution in [0.4, 0.5) is 5.95 Å². The van der Waals surface area contributed by atoms with Crippen LogP contribution in [-0.4, -0.2) is 70.3 Å². The number of rotatable bonds is 10.